The molecule has 1 aromatic heterocycles. The van der Waals surface area contributed by atoms with Gasteiger partial charge in [-0.3, -0.25) is 4.79 Å². The molecule has 0 unspecified atom stereocenters. The van der Waals surface area contributed by atoms with Gasteiger partial charge in [-0.25, -0.2) is 4.79 Å². The maximum atomic E-state index is 12.2. The van der Waals surface area contributed by atoms with E-state index >= 15 is 0 Å². The quantitative estimate of drug-likeness (QED) is 0.704. The molecule has 3 aromatic rings. The zero-order valence-electron chi connectivity index (χ0n) is 12.9. The first-order valence-corrected chi connectivity index (χ1v) is 7.76. The van der Waals surface area contributed by atoms with Gasteiger partial charge in [0.1, 0.15) is 5.69 Å². The van der Waals surface area contributed by atoms with Gasteiger partial charge in [0.25, 0.3) is 5.91 Å². The number of rotatable bonds is 4. The topological polar surface area (TPSA) is 71.2 Å². The summed E-state index contributed by atoms with van der Waals surface area (Å²) in [6.45, 7) is 1.51. The lowest BCUT2D eigenvalue weighted by molar-refractivity contribution is -0.123. The number of carbonyl (C=O) groups excluding carboxylic acids is 2. The molecule has 6 heteroatoms. The van der Waals surface area contributed by atoms with Gasteiger partial charge in [0.05, 0.1) is 0 Å². The van der Waals surface area contributed by atoms with Gasteiger partial charge in [0.2, 0.25) is 0 Å². The maximum absolute atomic E-state index is 12.2. The Bertz CT molecular complexity index is 871. The van der Waals surface area contributed by atoms with E-state index in [1.807, 2.05) is 24.3 Å². The van der Waals surface area contributed by atoms with E-state index in [0.29, 0.717) is 16.4 Å². The lowest BCUT2D eigenvalue weighted by atomic mass is 10.2. The van der Waals surface area contributed by atoms with Gasteiger partial charge in [-0.05, 0) is 37.3 Å². The minimum Gasteiger partial charge on any atom is -0.448 e. The van der Waals surface area contributed by atoms with E-state index in [-0.39, 0.29) is 0 Å². The number of H-pyrrole nitrogens is 1. The molecule has 5 nitrogen and oxygen atoms in total. The summed E-state index contributed by atoms with van der Waals surface area (Å²) in [4.78, 5) is 27.3. The van der Waals surface area contributed by atoms with Crippen LogP contribution in [-0.4, -0.2) is 23.0 Å². The van der Waals surface area contributed by atoms with Gasteiger partial charge >= 0.3 is 5.97 Å². The molecule has 0 aliphatic heterocycles. The second kappa shape index (κ2) is 6.76. The van der Waals surface area contributed by atoms with Crippen molar-refractivity contribution < 1.29 is 14.3 Å². The largest absolute Gasteiger partial charge is 0.448 e. The Labute approximate surface area is 143 Å². The van der Waals surface area contributed by atoms with Crippen LogP contribution in [0.25, 0.3) is 10.9 Å². The molecule has 0 saturated carbocycles. The molecule has 3 rings (SSSR count). The monoisotopic (exact) mass is 342 g/mol. The molecule has 0 saturated heterocycles. The average molecular weight is 343 g/mol. The minimum atomic E-state index is -0.942. The first-order valence-electron chi connectivity index (χ1n) is 7.38. The van der Waals surface area contributed by atoms with Gasteiger partial charge in [0, 0.05) is 21.6 Å². The van der Waals surface area contributed by atoms with Crippen LogP contribution in [0.1, 0.15) is 17.4 Å². The summed E-state index contributed by atoms with van der Waals surface area (Å²) in [6, 6.07) is 15.9. The standard InChI is InChI=1S/C18H15ClN2O3/c1-11(17(22)20-14-7-4-6-13(19)10-14)24-18(23)16-9-12-5-2-3-8-15(12)21-16/h2-11,21H,1H3,(H,20,22)/t11-/m0/s1. The molecule has 0 bridgehead atoms. The molecule has 0 aliphatic carbocycles. The highest BCUT2D eigenvalue weighted by atomic mass is 35.5. The number of fused-ring (bicyclic) bond motifs is 1. The van der Waals surface area contributed by atoms with Crippen LogP contribution in [0, 0.1) is 0 Å². The molecule has 0 aliphatic rings. The molecule has 0 spiro atoms. The second-order valence-electron chi connectivity index (χ2n) is 5.32. The average Bonchev–Trinajstić information content (AvgIpc) is 2.99. The maximum Gasteiger partial charge on any atom is 0.355 e. The molecule has 24 heavy (non-hydrogen) atoms. The number of esters is 1. The van der Waals surface area contributed by atoms with Crippen LogP contribution in [-0.2, 0) is 9.53 Å². The normalized spacial score (nSPS) is 11.9. The molecular formula is C18H15ClN2O3. The number of ether oxygens (including phenoxy) is 1. The number of anilines is 1. The number of benzene rings is 2. The summed E-state index contributed by atoms with van der Waals surface area (Å²) in [7, 11) is 0. The van der Waals surface area contributed by atoms with Crippen molar-refractivity contribution in [3.63, 3.8) is 0 Å². The summed E-state index contributed by atoms with van der Waals surface area (Å²) in [5.41, 5.74) is 1.68. The lowest BCUT2D eigenvalue weighted by Gasteiger charge is -2.13. The minimum absolute atomic E-state index is 0.304. The number of hydrogen-bond acceptors (Lipinski definition) is 3. The van der Waals surface area contributed by atoms with E-state index in [1.165, 1.54) is 6.92 Å². The van der Waals surface area contributed by atoms with E-state index in [4.69, 9.17) is 16.3 Å². The Morgan fingerprint density at radius 3 is 2.67 bits per heavy atom. The Kier molecular flexibility index (Phi) is 4.53. The van der Waals surface area contributed by atoms with Gasteiger partial charge in [0.15, 0.2) is 6.10 Å². The predicted octanol–water partition coefficient (Wildman–Crippen LogP) is 4.01. The van der Waals surface area contributed by atoms with Crippen molar-refractivity contribution in [3.8, 4) is 0 Å². The highest BCUT2D eigenvalue weighted by molar-refractivity contribution is 6.30. The molecule has 122 valence electrons. The molecular weight excluding hydrogens is 328 g/mol. The van der Waals surface area contributed by atoms with Crippen LogP contribution >= 0.6 is 11.6 Å². The lowest BCUT2D eigenvalue weighted by Crippen LogP contribution is -2.30. The summed E-state index contributed by atoms with van der Waals surface area (Å²) < 4.78 is 5.21. The van der Waals surface area contributed by atoms with Gasteiger partial charge in [-0.2, -0.15) is 0 Å². The van der Waals surface area contributed by atoms with Crippen molar-refractivity contribution in [2.24, 2.45) is 0 Å². The third-order valence-corrected chi connectivity index (χ3v) is 3.73. The van der Waals surface area contributed by atoms with Crippen molar-refractivity contribution in [1.29, 1.82) is 0 Å². The highest BCUT2D eigenvalue weighted by Gasteiger charge is 2.20. The molecule has 0 fully saturated rings. The molecule has 2 aromatic carbocycles. The third kappa shape index (κ3) is 3.58. The van der Waals surface area contributed by atoms with Crippen LogP contribution in [0.2, 0.25) is 5.02 Å². The van der Waals surface area contributed by atoms with E-state index in [1.54, 1.807) is 30.3 Å². The molecule has 0 radical (unpaired) electrons. The smallest absolute Gasteiger partial charge is 0.355 e. The van der Waals surface area contributed by atoms with E-state index in [0.717, 1.165) is 10.9 Å². The second-order valence-corrected chi connectivity index (χ2v) is 5.75. The number of amides is 1. The summed E-state index contributed by atoms with van der Waals surface area (Å²) in [6.07, 6.45) is -0.942. The van der Waals surface area contributed by atoms with Gasteiger partial charge < -0.3 is 15.0 Å². The van der Waals surface area contributed by atoms with Gasteiger partial charge in [-0.15, -0.1) is 0 Å². The van der Waals surface area contributed by atoms with Crippen LogP contribution in [0.4, 0.5) is 5.69 Å². The first-order chi connectivity index (χ1) is 11.5. The van der Waals surface area contributed by atoms with E-state index in [2.05, 4.69) is 10.3 Å². The number of hydrogen-bond donors (Lipinski definition) is 2. The SMILES string of the molecule is C[C@H](OC(=O)c1cc2ccccc2[nH]1)C(=O)Nc1cccc(Cl)c1. The van der Waals surface area contributed by atoms with Crippen molar-refractivity contribution in [1.82, 2.24) is 4.98 Å². The number of para-hydroxylation sites is 1. The highest BCUT2D eigenvalue weighted by Crippen LogP contribution is 2.17. The number of aromatic amines is 1. The van der Waals surface area contributed by atoms with Gasteiger partial charge in [-0.1, -0.05) is 35.9 Å². The molecule has 1 amide bonds. The van der Waals surface area contributed by atoms with E-state index < -0.39 is 18.0 Å². The van der Waals surface area contributed by atoms with Crippen molar-refractivity contribution >= 4 is 40.1 Å². The zero-order chi connectivity index (χ0) is 17.1. The molecule has 1 heterocycles. The third-order valence-electron chi connectivity index (χ3n) is 3.50. The molecule has 2 N–H and O–H groups in total. The first kappa shape index (κ1) is 16.1. The fraction of sp³-hybridized carbons (Fsp3) is 0.111. The van der Waals surface area contributed by atoms with Crippen molar-refractivity contribution in [3.05, 3.63) is 65.3 Å². The van der Waals surface area contributed by atoms with Crippen molar-refractivity contribution in [2.45, 2.75) is 13.0 Å². The van der Waals surface area contributed by atoms with Crippen LogP contribution in [0.3, 0.4) is 0 Å². The summed E-state index contributed by atoms with van der Waals surface area (Å²) in [5.74, 6) is -1.01. The Morgan fingerprint density at radius 1 is 1.12 bits per heavy atom. The number of nitrogens with one attached hydrogen (secondary N) is 2. The summed E-state index contributed by atoms with van der Waals surface area (Å²) >= 11 is 5.87. The zero-order valence-corrected chi connectivity index (χ0v) is 13.6. The number of aromatic nitrogens is 1. The van der Waals surface area contributed by atoms with Crippen LogP contribution in [0.5, 0.6) is 0 Å². The van der Waals surface area contributed by atoms with Crippen LogP contribution < -0.4 is 5.32 Å². The van der Waals surface area contributed by atoms with Crippen LogP contribution in [0.15, 0.2) is 54.6 Å². The van der Waals surface area contributed by atoms with Crippen molar-refractivity contribution in [2.75, 3.05) is 5.32 Å². The van der Waals surface area contributed by atoms with E-state index in [9.17, 15) is 9.59 Å². The Morgan fingerprint density at radius 2 is 1.92 bits per heavy atom. The number of carbonyl (C=O) groups is 2. The Balaban J connectivity index is 1.65. The summed E-state index contributed by atoms with van der Waals surface area (Å²) in [5, 5.41) is 4.07. The number of halogens is 1. The Hall–Kier alpha value is -2.79. The fourth-order valence-corrected chi connectivity index (χ4v) is 2.46. The predicted molar refractivity (Wildman–Crippen MR) is 93.3 cm³/mol. The molecule has 1 atom stereocenters. The fourth-order valence-electron chi connectivity index (χ4n) is 2.27.